The predicted molar refractivity (Wildman–Crippen MR) is 83.6 cm³/mol. The minimum atomic E-state index is 0.342. The molecule has 1 spiro atoms. The quantitative estimate of drug-likeness (QED) is 0.658. The fourth-order valence-electron chi connectivity index (χ4n) is 3.84. The lowest BCUT2D eigenvalue weighted by Gasteiger charge is -2.53. The van der Waals surface area contributed by atoms with E-state index in [1.807, 2.05) is 0 Å². The van der Waals surface area contributed by atoms with Crippen molar-refractivity contribution in [3.05, 3.63) is 0 Å². The molecule has 0 aromatic rings. The van der Waals surface area contributed by atoms with Crippen LogP contribution in [0.4, 0.5) is 0 Å². The van der Waals surface area contributed by atoms with Gasteiger partial charge in [0.05, 0.1) is 0 Å². The van der Waals surface area contributed by atoms with E-state index in [1.54, 1.807) is 0 Å². The molecule has 112 valence electrons. The van der Waals surface area contributed by atoms with Crippen molar-refractivity contribution in [3.63, 3.8) is 0 Å². The van der Waals surface area contributed by atoms with Gasteiger partial charge in [0.25, 0.3) is 0 Å². The predicted octanol–water partition coefficient (Wildman–Crippen LogP) is 3.76. The van der Waals surface area contributed by atoms with E-state index < -0.39 is 0 Å². The van der Waals surface area contributed by atoms with Crippen LogP contribution in [0.5, 0.6) is 0 Å². The van der Waals surface area contributed by atoms with E-state index in [1.165, 1.54) is 51.9 Å². The van der Waals surface area contributed by atoms with Gasteiger partial charge < -0.3 is 0 Å². The molecule has 2 aliphatic rings. The van der Waals surface area contributed by atoms with Crippen LogP contribution in [0.15, 0.2) is 0 Å². The van der Waals surface area contributed by atoms with E-state index in [9.17, 15) is 0 Å². The van der Waals surface area contributed by atoms with Crippen LogP contribution >= 0.6 is 0 Å². The molecule has 0 aromatic heterocycles. The number of likely N-dealkylation sites (tertiary alicyclic amines) is 2. The molecular weight excluding hydrogens is 232 g/mol. The molecule has 0 unspecified atom stereocenters. The summed E-state index contributed by atoms with van der Waals surface area (Å²) in [6.45, 7) is 19.4. The Bertz CT molecular complexity index is 300. The Morgan fingerprint density at radius 1 is 0.684 bits per heavy atom. The highest BCUT2D eigenvalue weighted by Crippen LogP contribution is 2.42. The molecular formula is C17H34N2. The second kappa shape index (κ2) is 5.04. The molecule has 0 saturated carbocycles. The summed E-state index contributed by atoms with van der Waals surface area (Å²) in [6, 6.07) is 0. The molecule has 19 heavy (non-hydrogen) atoms. The molecule has 0 N–H and O–H groups in total. The van der Waals surface area contributed by atoms with Crippen molar-refractivity contribution in [2.45, 2.75) is 78.3 Å². The Hall–Kier alpha value is -0.0800. The van der Waals surface area contributed by atoms with Crippen molar-refractivity contribution in [1.82, 2.24) is 9.80 Å². The minimum Gasteiger partial charge on any atom is -0.298 e. The highest BCUT2D eigenvalue weighted by molar-refractivity contribution is 4.96. The van der Waals surface area contributed by atoms with Crippen LogP contribution in [-0.2, 0) is 0 Å². The van der Waals surface area contributed by atoms with E-state index in [2.05, 4.69) is 51.3 Å². The minimum absolute atomic E-state index is 0.342. The highest BCUT2D eigenvalue weighted by Gasteiger charge is 2.42. The molecule has 2 nitrogen and oxygen atoms in total. The van der Waals surface area contributed by atoms with Gasteiger partial charge in [-0.15, -0.1) is 0 Å². The lowest BCUT2D eigenvalue weighted by atomic mass is 9.71. The number of nitrogens with zero attached hydrogens (tertiary/aromatic N) is 2. The molecule has 2 fully saturated rings. The Morgan fingerprint density at radius 2 is 1.21 bits per heavy atom. The normalized spacial score (nSPS) is 26.8. The van der Waals surface area contributed by atoms with Crippen molar-refractivity contribution >= 4 is 0 Å². The first kappa shape index (κ1) is 15.3. The van der Waals surface area contributed by atoms with Crippen LogP contribution in [0.1, 0.15) is 67.2 Å². The van der Waals surface area contributed by atoms with E-state index in [0.29, 0.717) is 16.5 Å². The topological polar surface area (TPSA) is 6.48 Å². The zero-order chi connectivity index (χ0) is 14.3. The summed E-state index contributed by atoms with van der Waals surface area (Å²) in [6.07, 6.45) is 5.65. The van der Waals surface area contributed by atoms with Crippen LogP contribution < -0.4 is 0 Å². The zero-order valence-electron chi connectivity index (χ0n) is 14.1. The number of hydrogen-bond acceptors (Lipinski definition) is 2. The van der Waals surface area contributed by atoms with Gasteiger partial charge in [0.15, 0.2) is 0 Å². The molecule has 2 heteroatoms. The summed E-state index contributed by atoms with van der Waals surface area (Å²) in [5, 5.41) is 0. The first-order valence-corrected chi connectivity index (χ1v) is 8.13. The van der Waals surface area contributed by atoms with Gasteiger partial charge in [-0.1, -0.05) is 0 Å². The van der Waals surface area contributed by atoms with Gasteiger partial charge >= 0.3 is 0 Å². The van der Waals surface area contributed by atoms with Crippen LogP contribution in [0.3, 0.4) is 0 Å². The van der Waals surface area contributed by atoms with Gasteiger partial charge in [-0.05, 0) is 92.3 Å². The summed E-state index contributed by atoms with van der Waals surface area (Å²) < 4.78 is 0. The maximum absolute atomic E-state index is 2.73. The number of piperidine rings is 2. The second-order valence-electron chi connectivity index (χ2n) is 8.85. The van der Waals surface area contributed by atoms with E-state index in [0.717, 1.165) is 0 Å². The van der Waals surface area contributed by atoms with Crippen LogP contribution in [0.25, 0.3) is 0 Å². The monoisotopic (exact) mass is 266 g/mol. The molecule has 2 rings (SSSR count). The standard InChI is InChI=1S/C17H34N2/c1-15(2,3)18-12-9-17(10-13-18)8-7-11-19(14-17)16(4,5)6/h7-14H2,1-6H3. The molecule has 0 aromatic carbocycles. The van der Waals surface area contributed by atoms with Gasteiger partial charge in [-0.3, -0.25) is 9.80 Å². The second-order valence-corrected chi connectivity index (χ2v) is 8.85. The van der Waals surface area contributed by atoms with Crippen LogP contribution in [-0.4, -0.2) is 47.1 Å². The van der Waals surface area contributed by atoms with Gasteiger partial charge in [-0.2, -0.15) is 0 Å². The molecule has 0 atom stereocenters. The maximum atomic E-state index is 2.73. The molecule has 0 aliphatic carbocycles. The summed E-state index contributed by atoms with van der Waals surface area (Å²) in [5.74, 6) is 0. The van der Waals surface area contributed by atoms with E-state index >= 15 is 0 Å². The van der Waals surface area contributed by atoms with Gasteiger partial charge in [0.2, 0.25) is 0 Å². The zero-order valence-corrected chi connectivity index (χ0v) is 14.1. The first-order chi connectivity index (χ1) is 8.62. The van der Waals surface area contributed by atoms with Crippen molar-refractivity contribution in [2.75, 3.05) is 26.2 Å². The molecule has 2 saturated heterocycles. The van der Waals surface area contributed by atoms with Gasteiger partial charge in [0.1, 0.15) is 0 Å². The lowest BCUT2D eigenvalue weighted by molar-refractivity contribution is -0.0300. The fourth-order valence-corrected chi connectivity index (χ4v) is 3.84. The fraction of sp³-hybridized carbons (Fsp3) is 1.00. The lowest BCUT2D eigenvalue weighted by Crippen LogP contribution is -2.56. The van der Waals surface area contributed by atoms with Gasteiger partial charge in [-0.25, -0.2) is 0 Å². The average molecular weight is 266 g/mol. The first-order valence-electron chi connectivity index (χ1n) is 8.13. The summed E-state index contributed by atoms with van der Waals surface area (Å²) in [5.41, 5.74) is 1.31. The Kier molecular flexibility index (Phi) is 4.06. The number of rotatable bonds is 0. The maximum Gasteiger partial charge on any atom is 0.0125 e. The van der Waals surface area contributed by atoms with Crippen molar-refractivity contribution in [2.24, 2.45) is 5.41 Å². The third kappa shape index (κ3) is 3.52. The summed E-state index contributed by atoms with van der Waals surface area (Å²) >= 11 is 0. The Balaban J connectivity index is 1.98. The smallest absolute Gasteiger partial charge is 0.0125 e. The number of hydrogen-bond donors (Lipinski definition) is 0. The molecule has 2 heterocycles. The summed E-state index contributed by atoms with van der Waals surface area (Å²) in [7, 11) is 0. The SMILES string of the molecule is CC(C)(C)N1CCC2(CCCN(C(C)(C)C)C2)CC1. The largest absolute Gasteiger partial charge is 0.298 e. The van der Waals surface area contributed by atoms with Crippen LogP contribution in [0.2, 0.25) is 0 Å². The van der Waals surface area contributed by atoms with Crippen molar-refractivity contribution < 1.29 is 0 Å². The van der Waals surface area contributed by atoms with Crippen molar-refractivity contribution in [1.29, 1.82) is 0 Å². The average Bonchev–Trinajstić information content (AvgIpc) is 2.27. The van der Waals surface area contributed by atoms with E-state index in [4.69, 9.17) is 0 Å². The molecule has 0 amide bonds. The summed E-state index contributed by atoms with van der Waals surface area (Å²) in [4.78, 5) is 5.40. The third-order valence-corrected chi connectivity index (χ3v) is 5.38. The molecule has 2 aliphatic heterocycles. The van der Waals surface area contributed by atoms with Gasteiger partial charge in [0, 0.05) is 17.6 Å². The Labute approximate surface area is 120 Å². The Morgan fingerprint density at radius 3 is 1.68 bits per heavy atom. The molecule has 0 radical (unpaired) electrons. The third-order valence-electron chi connectivity index (χ3n) is 5.38. The van der Waals surface area contributed by atoms with Crippen LogP contribution in [0, 0.1) is 5.41 Å². The van der Waals surface area contributed by atoms with E-state index in [-0.39, 0.29) is 0 Å². The molecule has 0 bridgehead atoms. The highest BCUT2D eigenvalue weighted by atomic mass is 15.2. The van der Waals surface area contributed by atoms with Crippen molar-refractivity contribution in [3.8, 4) is 0 Å².